The maximum atomic E-state index is 13.0. The minimum Gasteiger partial charge on any atom is -0.756 e. The van der Waals surface area contributed by atoms with Crippen LogP contribution in [0.5, 0.6) is 0 Å². The predicted molar refractivity (Wildman–Crippen MR) is 325 cm³/mol. The zero-order valence-electron chi connectivity index (χ0n) is 50.8. The first kappa shape index (κ1) is 73.7. The number of hydrogen-bond acceptors (Lipinski definition) is 6. The van der Waals surface area contributed by atoms with Crippen LogP contribution in [-0.2, 0) is 18.4 Å². The highest BCUT2D eigenvalue weighted by atomic mass is 31.2. The predicted octanol–water partition coefficient (Wildman–Crippen LogP) is 19.9. The summed E-state index contributed by atoms with van der Waals surface area (Å²) in [6, 6.07) is -0.798. The van der Waals surface area contributed by atoms with Crippen LogP contribution in [0.2, 0.25) is 0 Å². The lowest BCUT2D eigenvalue weighted by Crippen LogP contribution is -2.46. The summed E-state index contributed by atoms with van der Waals surface area (Å²) >= 11 is 0. The van der Waals surface area contributed by atoms with E-state index >= 15 is 0 Å². The van der Waals surface area contributed by atoms with Gasteiger partial charge in [-0.15, -0.1) is 0 Å². The average Bonchev–Trinajstić information content (AvgIpc) is 3.37. The molecule has 3 unspecified atom stereocenters. The summed E-state index contributed by atoms with van der Waals surface area (Å²) in [5, 5.41) is 14.0. The van der Waals surface area contributed by atoms with Crippen LogP contribution in [0.4, 0.5) is 0 Å². The lowest BCUT2D eigenvalue weighted by Gasteiger charge is -2.30. The second-order valence-corrected chi connectivity index (χ2v) is 25.2. The van der Waals surface area contributed by atoms with Crippen LogP contribution in [0.1, 0.15) is 328 Å². The molecule has 75 heavy (non-hydrogen) atoms. The SMILES string of the molecule is CCCCCCC/C=C\C/C=C\C/C=C\CCCCCCCCCCCCCCCCCCCCCCCCC(=O)NC(COP(=O)([O-])OCC[N+](C)(C)C)C(O)CCCCCCCCCCCCCCCCCC. The van der Waals surface area contributed by atoms with Crippen LogP contribution in [0, 0.1) is 0 Å². The summed E-state index contributed by atoms with van der Waals surface area (Å²) < 4.78 is 23.5. The number of aliphatic hydroxyl groups is 1. The molecule has 0 radical (unpaired) electrons. The quantitative estimate of drug-likeness (QED) is 0.0272. The number of unbranched alkanes of at least 4 members (excludes halogenated alkanes) is 42. The zero-order valence-corrected chi connectivity index (χ0v) is 51.7. The molecule has 0 aromatic carbocycles. The molecule has 0 aliphatic heterocycles. The third kappa shape index (κ3) is 60.2. The summed E-state index contributed by atoms with van der Waals surface area (Å²) in [5.74, 6) is -0.159. The molecule has 444 valence electrons. The number of allylic oxidation sites excluding steroid dienone is 6. The molecule has 0 aromatic heterocycles. The summed E-state index contributed by atoms with van der Waals surface area (Å²) in [6.07, 6.45) is 75.0. The molecule has 3 atom stereocenters. The van der Waals surface area contributed by atoms with Gasteiger partial charge < -0.3 is 28.8 Å². The third-order valence-electron chi connectivity index (χ3n) is 15.1. The van der Waals surface area contributed by atoms with Gasteiger partial charge in [-0.3, -0.25) is 9.36 Å². The largest absolute Gasteiger partial charge is 0.756 e. The molecule has 0 fully saturated rings. The maximum Gasteiger partial charge on any atom is 0.268 e. The number of carbonyl (C=O) groups is 1. The van der Waals surface area contributed by atoms with Gasteiger partial charge in [-0.1, -0.05) is 307 Å². The van der Waals surface area contributed by atoms with Crippen LogP contribution in [-0.4, -0.2) is 68.5 Å². The van der Waals surface area contributed by atoms with E-state index in [9.17, 15) is 19.4 Å². The lowest BCUT2D eigenvalue weighted by molar-refractivity contribution is -0.870. The van der Waals surface area contributed by atoms with Gasteiger partial charge in [-0.2, -0.15) is 0 Å². The van der Waals surface area contributed by atoms with Crippen LogP contribution in [0.25, 0.3) is 0 Å². The summed E-state index contributed by atoms with van der Waals surface area (Å²) in [6.45, 7) is 4.75. The first-order valence-corrected chi connectivity index (χ1v) is 34.3. The highest BCUT2D eigenvalue weighted by Gasteiger charge is 2.24. The Hall–Kier alpha value is -1.28. The van der Waals surface area contributed by atoms with E-state index in [-0.39, 0.29) is 19.1 Å². The number of likely N-dealkylation sites (N-methyl/N-ethyl adjacent to an activating group) is 1. The highest BCUT2D eigenvalue weighted by Crippen LogP contribution is 2.38. The van der Waals surface area contributed by atoms with Crippen molar-refractivity contribution in [1.82, 2.24) is 5.32 Å². The van der Waals surface area contributed by atoms with Crippen LogP contribution in [0.3, 0.4) is 0 Å². The fourth-order valence-electron chi connectivity index (χ4n) is 9.99. The van der Waals surface area contributed by atoms with Gasteiger partial charge in [0, 0.05) is 6.42 Å². The monoisotopic (exact) mass is 1080 g/mol. The van der Waals surface area contributed by atoms with E-state index < -0.39 is 20.0 Å². The van der Waals surface area contributed by atoms with Crippen molar-refractivity contribution in [1.29, 1.82) is 0 Å². The Labute approximate surface area is 467 Å². The van der Waals surface area contributed by atoms with Gasteiger partial charge in [0.1, 0.15) is 13.2 Å². The molecular weight excluding hydrogens is 948 g/mol. The molecule has 0 rings (SSSR count). The van der Waals surface area contributed by atoms with Crippen molar-refractivity contribution in [2.45, 2.75) is 341 Å². The Morgan fingerprint density at radius 2 is 0.773 bits per heavy atom. The van der Waals surface area contributed by atoms with Crippen LogP contribution >= 0.6 is 7.82 Å². The fourth-order valence-corrected chi connectivity index (χ4v) is 10.7. The van der Waals surface area contributed by atoms with Gasteiger partial charge in [0.15, 0.2) is 0 Å². The molecule has 0 aliphatic carbocycles. The topological polar surface area (TPSA) is 108 Å². The number of phosphoric acid groups is 1. The smallest absolute Gasteiger partial charge is 0.268 e. The molecule has 2 N–H and O–H groups in total. The van der Waals surface area contributed by atoms with Crippen molar-refractivity contribution in [3.05, 3.63) is 36.5 Å². The minimum absolute atomic E-state index is 0.0144. The van der Waals surface area contributed by atoms with E-state index in [0.29, 0.717) is 23.9 Å². The molecule has 0 spiro atoms. The van der Waals surface area contributed by atoms with E-state index in [1.807, 2.05) is 21.1 Å². The Kier molecular flexibility index (Phi) is 56.4. The number of quaternary nitrogens is 1. The zero-order chi connectivity index (χ0) is 54.9. The van der Waals surface area contributed by atoms with E-state index in [2.05, 4.69) is 55.6 Å². The third-order valence-corrected chi connectivity index (χ3v) is 16.1. The van der Waals surface area contributed by atoms with E-state index in [1.54, 1.807) is 0 Å². The molecule has 0 aromatic rings. The number of nitrogens with one attached hydrogen (secondary N) is 1. The van der Waals surface area contributed by atoms with Gasteiger partial charge in [0.25, 0.3) is 7.82 Å². The van der Waals surface area contributed by atoms with Gasteiger partial charge in [-0.05, 0) is 51.4 Å². The Bertz CT molecular complexity index is 1320. The first-order valence-electron chi connectivity index (χ1n) is 32.8. The second kappa shape index (κ2) is 57.4. The van der Waals surface area contributed by atoms with Crippen molar-refractivity contribution in [3.8, 4) is 0 Å². The minimum atomic E-state index is -4.57. The molecule has 1 amide bonds. The molecule has 0 bridgehead atoms. The van der Waals surface area contributed by atoms with Gasteiger partial charge in [0.2, 0.25) is 5.91 Å². The lowest BCUT2D eigenvalue weighted by atomic mass is 10.0. The average molecular weight is 1080 g/mol. The van der Waals surface area contributed by atoms with Crippen molar-refractivity contribution in [2.24, 2.45) is 0 Å². The van der Waals surface area contributed by atoms with Gasteiger partial charge in [0.05, 0.1) is 39.9 Å². The van der Waals surface area contributed by atoms with Crippen molar-refractivity contribution in [3.63, 3.8) is 0 Å². The van der Waals surface area contributed by atoms with E-state index in [4.69, 9.17) is 9.05 Å². The van der Waals surface area contributed by atoms with Gasteiger partial charge in [-0.25, -0.2) is 0 Å². The van der Waals surface area contributed by atoms with Crippen LogP contribution < -0.4 is 10.2 Å². The summed E-state index contributed by atoms with van der Waals surface area (Å²) in [5.41, 5.74) is 0. The maximum absolute atomic E-state index is 13.0. The molecule has 9 heteroatoms. The fraction of sp³-hybridized carbons (Fsp3) is 0.894. The molecule has 0 heterocycles. The van der Waals surface area contributed by atoms with E-state index in [1.165, 1.54) is 250 Å². The number of aliphatic hydroxyl groups excluding tert-OH is 1. The Balaban J connectivity index is 3.92. The number of rotatable bonds is 61. The molecular formula is C66H129N2O6P. The van der Waals surface area contributed by atoms with Crippen molar-refractivity contribution < 1.29 is 32.9 Å². The molecule has 0 saturated carbocycles. The van der Waals surface area contributed by atoms with Crippen molar-refractivity contribution >= 4 is 13.7 Å². The first-order chi connectivity index (χ1) is 36.5. The number of nitrogens with zero attached hydrogens (tertiary/aromatic N) is 1. The number of amides is 1. The summed E-state index contributed by atoms with van der Waals surface area (Å²) in [7, 11) is 1.32. The van der Waals surface area contributed by atoms with Crippen molar-refractivity contribution in [2.75, 3.05) is 40.9 Å². The van der Waals surface area contributed by atoms with Crippen LogP contribution in [0.15, 0.2) is 36.5 Å². The van der Waals surface area contributed by atoms with E-state index in [0.717, 1.165) is 51.4 Å². The second-order valence-electron chi connectivity index (χ2n) is 23.8. The molecule has 0 saturated heterocycles. The Morgan fingerprint density at radius 1 is 0.467 bits per heavy atom. The molecule has 0 aliphatic rings. The summed E-state index contributed by atoms with van der Waals surface area (Å²) in [4.78, 5) is 25.6. The Morgan fingerprint density at radius 3 is 1.12 bits per heavy atom. The number of carbonyl (C=O) groups excluding carboxylic acids is 1. The standard InChI is InChI=1S/C66H129N2O6P/c1-6-8-10-12-14-16-18-20-22-24-25-26-27-28-29-30-31-32-33-34-35-36-37-38-39-40-41-42-43-44-46-48-50-52-54-56-58-60-66(70)67-64(63-74-75(71,72)73-62-61-68(3,4)5)65(69)59-57-55-53-51-49-47-45-23-21-19-17-15-13-11-9-7-2/h18,20,24-25,27-28,64-65,69H,6-17,19,21-23,26,29-63H2,1-5H3,(H-,67,70,71,72)/b20-18-,25-24-,28-27-. The number of phosphoric ester groups is 1. The molecule has 8 nitrogen and oxygen atoms in total. The normalized spacial score (nSPS) is 14.0. The number of hydrogen-bond donors (Lipinski definition) is 2. The highest BCUT2D eigenvalue weighted by molar-refractivity contribution is 7.45. The van der Waals surface area contributed by atoms with Gasteiger partial charge >= 0.3 is 0 Å².